The van der Waals surface area contributed by atoms with Crippen molar-refractivity contribution in [2.75, 3.05) is 13.1 Å². The first-order chi connectivity index (χ1) is 11.1. The number of likely N-dealkylation sites (tertiary alicyclic amines) is 1. The van der Waals surface area contributed by atoms with Crippen molar-refractivity contribution in [3.05, 3.63) is 41.9 Å². The number of carbonyl (C=O) groups is 2. The quantitative estimate of drug-likeness (QED) is 0.618. The van der Waals surface area contributed by atoms with Crippen LogP contribution in [0.5, 0.6) is 0 Å². The fourth-order valence-electron chi connectivity index (χ4n) is 2.41. The molecule has 120 valence electrons. The third kappa shape index (κ3) is 4.54. The SMILES string of the molecule is N#C/C(=C/NCc1ccncc1)C(=O)N1CCC(C(=O)O)CC1. The monoisotopic (exact) mass is 314 g/mol. The lowest BCUT2D eigenvalue weighted by atomic mass is 9.97. The molecule has 1 amide bonds. The topological polar surface area (TPSA) is 106 Å². The first kappa shape index (κ1) is 16.5. The van der Waals surface area contributed by atoms with Crippen molar-refractivity contribution in [2.24, 2.45) is 5.92 Å². The molecule has 1 aliphatic rings. The van der Waals surface area contributed by atoms with Gasteiger partial charge in [0.1, 0.15) is 11.6 Å². The third-order valence-corrected chi connectivity index (χ3v) is 3.78. The van der Waals surface area contributed by atoms with Crippen LogP contribution in [0, 0.1) is 17.2 Å². The van der Waals surface area contributed by atoms with Crippen LogP contribution in [0.4, 0.5) is 0 Å². The van der Waals surface area contributed by atoms with E-state index >= 15 is 0 Å². The Balaban J connectivity index is 1.90. The number of amides is 1. The molecule has 2 heterocycles. The Labute approximate surface area is 134 Å². The second-order valence-electron chi connectivity index (χ2n) is 5.31. The molecule has 1 aliphatic heterocycles. The summed E-state index contributed by atoms with van der Waals surface area (Å²) in [4.78, 5) is 28.6. The molecule has 0 aliphatic carbocycles. The predicted molar refractivity (Wildman–Crippen MR) is 81.7 cm³/mol. The van der Waals surface area contributed by atoms with Crippen LogP contribution in [0.15, 0.2) is 36.3 Å². The molecule has 7 nitrogen and oxygen atoms in total. The van der Waals surface area contributed by atoms with Crippen molar-refractivity contribution in [1.29, 1.82) is 5.26 Å². The van der Waals surface area contributed by atoms with E-state index in [4.69, 9.17) is 10.4 Å². The number of carbonyl (C=O) groups excluding carboxylic acids is 1. The van der Waals surface area contributed by atoms with Crippen molar-refractivity contribution in [1.82, 2.24) is 15.2 Å². The molecule has 1 aromatic heterocycles. The molecular weight excluding hydrogens is 296 g/mol. The van der Waals surface area contributed by atoms with Crippen LogP contribution in [0.3, 0.4) is 0 Å². The normalized spacial score (nSPS) is 15.8. The number of nitrogens with zero attached hydrogens (tertiary/aromatic N) is 3. The van der Waals surface area contributed by atoms with E-state index in [-0.39, 0.29) is 11.5 Å². The number of rotatable bonds is 5. The van der Waals surface area contributed by atoms with Gasteiger partial charge in [-0.25, -0.2) is 0 Å². The molecule has 0 radical (unpaired) electrons. The van der Waals surface area contributed by atoms with Gasteiger partial charge in [0, 0.05) is 38.2 Å². The van der Waals surface area contributed by atoms with Gasteiger partial charge < -0.3 is 15.3 Å². The Kier molecular flexibility index (Phi) is 5.69. The molecule has 2 rings (SSSR count). The number of pyridine rings is 1. The van der Waals surface area contributed by atoms with E-state index in [2.05, 4.69) is 10.3 Å². The summed E-state index contributed by atoms with van der Waals surface area (Å²) in [5.74, 6) is -1.59. The number of piperidine rings is 1. The second-order valence-corrected chi connectivity index (χ2v) is 5.31. The maximum atomic E-state index is 12.3. The second kappa shape index (κ2) is 7.94. The first-order valence-corrected chi connectivity index (χ1v) is 7.36. The zero-order valence-electron chi connectivity index (χ0n) is 12.6. The molecule has 1 fully saturated rings. The number of nitrogens with one attached hydrogen (secondary N) is 1. The number of hydrogen-bond donors (Lipinski definition) is 2. The van der Waals surface area contributed by atoms with E-state index in [1.807, 2.05) is 18.2 Å². The zero-order chi connectivity index (χ0) is 16.7. The van der Waals surface area contributed by atoms with E-state index < -0.39 is 11.9 Å². The Morgan fingerprint density at radius 1 is 1.39 bits per heavy atom. The zero-order valence-corrected chi connectivity index (χ0v) is 12.6. The largest absolute Gasteiger partial charge is 0.481 e. The van der Waals surface area contributed by atoms with E-state index in [1.54, 1.807) is 12.4 Å². The van der Waals surface area contributed by atoms with Crippen LogP contribution >= 0.6 is 0 Å². The van der Waals surface area contributed by atoms with Crippen LogP contribution < -0.4 is 5.32 Å². The highest BCUT2D eigenvalue weighted by atomic mass is 16.4. The third-order valence-electron chi connectivity index (χ3n) is 3.78. The summed E-state index contributed by atoms with van der Waals surface area (Å²) in [5, 5.41) is 21.1. The molecule has 0 saturated carbocycles. The number of aliphatic carboxylic acids is 1. The van der Waals surface area contributed by atoms with Crippen molar-refractivity contribution >= 4 is 11.9 Å². The molecule has 1 saturated heterocycles. The van der Waals surface area contributed by atoms with E-state index in [9.17, 15) is 9.59 Å². The smallest absolute Gasteiger partial charge is 0.306 e. The van der Waals surface area contributed by atoms with Crippen LogP contribution in [0.2, 0.25) is 0 Å². The van der Waals surface area contributed by atoms with Gasteiger partial charge in [0.05, 0.1) is 5.92 Å². The molecule has 23 heavy (non-hydrogen) atoms. The van der Waals surface area contributed by atoms with Crippen molar-refractivity contribution < 1.29 is 14.7 Å². The highest BCUT2D eigenvalue weighted by Gasteiger charge is 2.28. The lowest BCUT2D eigenvalue weighted by Crippen LogP contribution is -2.41. The summed E-state index contributed by atoms with van der Waals surface area (Å²) < 4.78 is 0. The van der Waals surface area contributed by atoms with Crippen LogP contribution in [-0.4, -0.2) is 40.0 Å². The molecule has 0 atom stereocenters. The average molecular weight is 314 g/mol. The van der Waals surface area contributed by atoms with E-state index in [1.165, 1.54) is 11.1 Å². The molecule has 2 N–H and O–H groups in total. The van der Waals surface area contributed by atoms with Crippen LogP contribution in [0.1, 0.15) is 18.4 Å². The summed E-state index contributed by atoms with van der Waals surface area (Å²) in [6.07, 6.45) is 5.59. The minimum Gasteiger partial charge on any atom is -0.481 e. The molecule has 1 aromatic rings. The lowest BCUT2D eigenvalue weighted by molar-refractivity contribution is -0.145. The standard InChI is InChI=1S/C16H18N4O3/c17-9-14(11-19-10-12-1-5-18-6-2-12)15(21)20-7-3-13(4-8-20)16(22)23/h1-2,5-6,11,13,19H,3-4,7-8,10H2,(H,22,23)/b14-11-. The van der Waals surface area contributed by atoms with Gasteiger partial charge in [0.15, 0.2) is 0 Å². The average Bonchev–Trinajstić information content (AvgIpc) is 2.59. The summed E-state index contributed by atoms with van der Waals surface area (Å²) in [7, 11) is 0. The molecule has 0 bridgehead atoms. The molecule has 7 heteroatoms. The summed E-state index contributed by atoms with van der Waals surface area (Å²) in [5.41, 5.74) is 1.01. The van der Waals surface area contributed by atoms with Gasteiger partial charge in [-0.15, -0.1) is 0 Å². The number of carboxylic acids is 1. The molecule has 0 spiro atoms. The Hall–Kier alpha value is -2.88. The highest BCUT2D eigenvalue weighted by molar-refractivity contribution is 5.97. The molecule has 0 aromatic carbocycles. The van der Waals surface area contributed by atoms with Gasteiger partial charge in [0.25, 0.3) is 5.91 Å². The molecule has 0 unspecified atom stereocenters. The van der Waals surface area contributed by atoms with Gasteiger partial charge in [-0.2, -0.15) is 5.26 Å². The number of carboxylic acid groups (broad SMARTS) is 1. The van der Waals surface area contributed by atoms with Gasteiger partial charge in [-0.1, -0.05) is 0 Å². The fourth-order valence-corrected chi connectivity index (χ4v) is 2.41. The van der Waals surface area contributed by atoms with E-state index in [0.717, 1.165) is 5.56 Å². The lowest BCUT2D eigenvalue weighted by Gasteiger charge is -2.29. The Bertz CT molecular complexity index is 628. The maximum absolute atomic E-state index is 12.3. The minimum absolute atomic E-state index is 0.0211. The van der Waals surface area contributed by atoms with Gasteiger partial charge in [-0.05, 0) is 30.5 Å². The van der Waals surface area contributed by atoms with Crippen LogP contribution in [0.25, 0.3) is 0 Å². The van der Waals surface area contributed by atoms with Crippen molar-refractivity contribution in [3.8, 4) is 6.07 Å². The fraction of sp³-hybridized carbons (Fsp3) is 0.375. The summed E-state index contributed by atoms with van der Waals surface area (Å²) >= 11 is 0. The number of nitriles is 1. The Morgan fingerprint density at radius 3 is 2.61 bits per heavy atom. The van der Waals surface area contributed by atoms with Crippen molar-refractivity contribution in [3.63, 3.8) is 0 Å². The van der Waals surface area contributed by atoms with Gasteiger partial charge in [0.2, 0.25) is 0 Å². The van der Waals surface area contributed by atoms with Gasteiger partial charge >= 0.3 is 5.97 Å². The Morgan fingerprint density at radius 2 is 2.04 bits per heavy atom. The summed E-state index contributed by atoms with van der Waals surface area (Å²) in [6, 6.07) is 5.58. The minimum atomic E-state index is -0.827. The summed E-state index contributed by atoms with van der Waals surface area (Å²) in [6.45, 7) is 1.21. The maximum Gasteiger partial charge on any atom is 0.306 e. The number of hydrogen-bond acceptors (Lipinski definition) is 5. The molecular formula is C16H18N4O3. The van der Waals surface area contributed by atoms with E-state index in [0.29, 0.717) is 32.5 Å². The van der Waals surface area contributed by atoms with Crippen LogP contribution in [-0.2, 0) is 16.1 Å². The predicted octanol–water partition coefficient (Wildman–Crippen LogP) is 0.902. The first-order valence-electron chi connectivity index (χ1n) is 7.36. The number of aromatic nitrogens is 1. The van der Waals surface area contributed by atoms with Crippen molar-refractivity contribution in [2.45, 2.75) is 19.4 Å². The highest BCUT2D eigenvalue weighted by Crippen LogP contribution is 2.18. The van der Waals surface area contributed by atoms with Gasteiger partial charge in [-0.3, -0.25) is 14.6 Å².